The molecular weight excluding hydrogens is 354 g/mol. The highest BCUT2D eigenvalue weighted by molar-refractivity contribution is 5.77. The minimum Gasteiger partial charge on any atom is -0.384 e. The average molecular weight is 377 g/mol. The molecule has 7 heteroatoms. The molecule has 28 heavy (non-hydrogen) atoms. The molecular formula is C21H23N5O2. The molecule has 144 valence electrons. The minimum absolute atomic E-state index is 0.120. The third kappa shape index (κ3) is 3.31. The molecule has 0 unspecified atom stereocenters. The van der Waals surface area contributed by atoms with E-state index >= 15 is 0 Å². The fourth-order valence-electron chi connectivity index (χ4n) is 3.81. The predicted octanol–water partition coefficient (Wildman–Crippen LogP) is 4.04. The molecule has 0 bridgehead atoms. The van der Waals surface area contributed by atoms with E-state index in [-0.39, 0.29) is 10.6 Å². The monoisotopic (exact) mass is 377 g/mol. The van der Waals surface area contributed by atoms with Gasteiger partial charge in [-0.25, -0.2) is 0 Å². The normalized spacial score (nSPS) is 12.5. The van der Waals surface area contributed by atoms with Gasteiger partial charge in [0.25, 0.3) is 5.69 Å². The van der Waals surface area contributed by atoms with Gasteiger partial charge in [0.2, 0.25) is 0 Å². The third-order valence-electron chi connectivity index (χ3n) is 5.33. The molecule has 0 fully saturated rings. The maximum atomic E-state index is 11.5. The molecule has 4 rings (SSSR count). The second-order valence-electron chi connectivity index (χ2n) is 7.07. The quantitative estimate of drug-likeness (QED) is 0.500. The molecule has 0 saturated heterocycles. The van der Waals surface area contributed by atoms with Crippen LogP contribution in [-0.4, -0.2) is 21.2 Å². The number of nitrogens with one attached hydrogen (secondary N) is 2. The molecule has 0 aliphatic carbocycles. The standard InChI is InChI=1S/C21H23N5O2/c1-14-18(15(2)25(24-14)13-16-6-4-3-5-7-16)12-23-21-17-10-11-22-19(17)8-9-20(21)26(27)28/h3-9,22-23H,10-13H2,1-2H3. The van der Waals surface area contributed by atoms with Crippen LogP contribution in [0.2, 0.25) is 0 Å². The summed E-state index contributed by atoms with van der Waals surface area (Å²) >= 11 is 0. The Morgan fingerprint density at radius 1 is 1.21 bits per heavy atom. The number of nitro groups is 1. The van der Waals surface area contributed by atoms with Crippen molar-refractivity contribution < 1.29 is 4.92 Å². The largest absolute Gasteiger partial charge is 0.384 e. The van der Waals surface area contributed by atoms with Gasteiger partial charge in [0, 0.05) is 41.7 Å². The first-order valence-electron chi connectivity index (χ1n) is 9.39. The van der Waals surface area contributed by atoms with Crippen molar-refractivity contribution in [1.82, 2.24) is 9.78 Å². The van der Waals surface area contributed by atoms with Gasteiger partial charge in [-0.1, -0.05) is 30.3 Å². The number of rotatable bonds is 6. The lowest BCUT2D eigenvalue weighted by Gasteiger charge is -2.12. The highest BCUT2D eigenvalue weighted by Gasteiger charge is 2.24. The number of hydrogen-bond acceptors (Lipinski definition) is 5. The van der Waals surface area contributed by atoms with E-state index in [4.69, 9.17) is 0 Å². The van der Waals surface area contributed by atoms with Crippen LogP contribution in [0.15, 0.2) is 42.5 Å². The van der Waals surface area contributed by atoms with Gasteiger partial charge < -0.3 is 10.6 Å². The summed E-state index contributed by atoms with van der Waals surface area (Å²) in [6.07, 6.45) is 0.782. The van der Waals surface area contributed by atoms with Crippen molar-refractivity contribution in [3.8, 4) is 0 Å². The SMILES string of the molecule is Cc1nn(Cc2ccccc2)c(C)c1CNc1c([N+](=O)[O-])ccc2c1CCN2. The van der Waals surface area contributed by atoms with Crippen LogP contribution >= 0.6 is 0 Å². The number of aromatic nitrogens is 2. The van der Waals surface area contributed by atoms with E-state index in [9.17, 15) is 10.1 Å². The third-order valence-corrected chi connectivity index (χ3v) is 5.33. The first kappa shape index (κ1) is 18.0. The molecule has 2 N–H and O–H groups in total. The molecule has 1 aliphatic rings. The lowest BCUT2D eigenvalue weighted by atomic mass is 10.1. The summed E-state index contributed by atoms with van der Waals surface area (Å²) < 4.78 is 1.99. The van der Waals surface area contributed by atoms with Crippen LogP contribution in [0.4, 0.5) is 17.1 Å². The molecule has 0 saturated carbocycles. The van der Waals surface area contributed by atoms with Crippen molar-refractivity contribution in [3.63, 3.8) is 0 Å². The molecule has 0 radical (unpaired) electrons. The number of anilines is 2. The van der Waals surface area contributed by atoms with Crippen LogP contribution in [0.1, 0.15) is 28.1 Å². The Morgan fingerprint density at radius 3 is 2.75 bits per heavy atom. The fourth-order valence-corrected chi connectivity index (χ4v) is 3.81. The van der Waals surface area contributed by atoms with Crippen LogP contribution < -0.4 is 10.6 Å². The van der Waals surface area contributed by atoms with Crippen molar-refractivity contribution in [3.05, 3.63) is 80.7 Å². The molecule has 0 atom stereocenters. The number of hydrogen-bond donors (Lipinski definition) is 2. The zero-order valence-electron chi connectivity index (χ0n) is 16.0. The molecule has 7 nitrogen and oxygen atoms in total. The van der Waals surface area contributed by atoms with Crippen molar-refractivity contribution in [2.24, 2.45) is 0 Å². The Balaban J connectivity index is 1.60. The highest BCUT2D eigenvalue weighted by atomic mass is 16.6. The van der Waals surface area contributed by atoms with Crippen LogP contribution in [0.3, 0.4) is 0 Å². The molecule has 1 aliphatic heterocycles. The van der Waals surface area contributed by atoms with Gasteiger partial charge in [0.05, 0.1) is 17.2 Å². The van der Waals surface area contributed by atoms with Gasteiger partial charge >= 0.3 is 0 Å². The van der Waals surface area contributed by atoms with Crippen LogP contribution in [0.5, 0.6) is 0 Å². The van der Waals surface area contributed by atoms with Crippen LogP contribution in [0, 0.1) is 24.0 Å². The van der Waals surface area contributed by atoms with Gasteiger partial charge in [-0.2, -0.15) is 5.10 Å². The van der Waals surface area contributed by atoms with Crippen molar-refractivity contribution in [1.29, 1.82) is 0 Å². The Labute approximate surface area is 163 Å². The number of benzene rings is 2. The van der Waals surface area contributed by atoms with Gasteiger partial charge in [-0.3, -0.25) is 14.8 Å². The van der Waals surface area contributed by atoms with Crippen LogP contribution in [0.25, 0.3) is 0 Å². The number of fused-ring (bicyclic) bond motifs is 1. The maximum Gasteiger partial charge on any atom is 0.292 e. The van der Waals surface area contributed by atoms with E-state index in [2.05, 4.69) is 27.9 Å². The summed E-state index contributed by atoms with van der Waals surface area (Å²) in [4.78, 5) is 11.2. The Bertz CT molecular complexity index is 1030. The van der Waals surface area contributed by atoms with E-state index in [1.54, 1.807) is 12.1 Å². The molecule has 1 aromatic heterocycles. The van der Waals surface area contributed by atoms with Gasteiger partial charge in [0.1, 0.15) is 5.69 Å². The van der Waals surface area contributed by atoms with Gasteiger partial charge in [-0.15, -0.1) is 0 Å². The zero-order valence-corrected chi connectivity index (χ0v) is 16.0. The first-order valence-corrected chi connectivity index (χ1v) is 9.39. The van der Waals surface area contributed by atoms with E-state index in [0.717, 1.165) is 41.2 Å². The predicted molar refractivity (Wildman–Crippen MR) is 110 cm³/mol. The van der Waals surface area contributed by atoms with E-state index in [0.29, 0.717) is 18.8 Å². The number of aryl methyl sites for hydroxylation is 1. The smallest absolute Gasteiger partial charge is 0.292 e. The van der Waals surface area contributed by atoms with E-state index in [1.807, 2.05) is 36.7 Å². The molecule has 0 spiro atoms. The van der Waals surface area contributed by atoms with Crippen molar-refractivity contribution >= 4 is 17.1 Å². The topological polar surface area (TPSA) is 85.0 Å². The zero-order chi connectivity index (χ0) is 19.7. The van der Waals surface area contributed by atoms with Gasteiger partial charge in [0.15, 0.2) is 0 Å². The summed E-state index contributed by atoms with van der Waals surface area (Å²) in [5, 5.41) is 22.8. The summed E-state index contributed by atoms with van der Waals surface area (Å²) in [6.45, 7) is 6.04. The van der Waals surface area contributed by atoms with E-state index in [1.165, 1.54) is 5.56 Å². The lowest BCUT2D eigenvalue weighted by Crippen LogP contribution is -2.08. The summed E-state index contributed by atoms with van der Waals surface area (Å²) in [5.74, 6) is 0. The molecule has 2 aromatic carbocycles. The second kappa shape index (κ2) is 7.34. The lowest BCUT2D eigenvalue weighted by molar-refractivity contribution is -0.384. The second-order valence-corrected chi connectivity index (χ2v) is 7.07. The van der Waals surface area contributed by atoms with Gasteiger partial charge in [-0.05, 0) is 31.9 Å². The molecule has 3 aromatic rings. The number of nitrogens with zero attached hydrogens (tertiary/aromatic N) is 3. The average Bonchev–Trinajstić information content (AvgIpc) is 3.26. The van der Waals surface area contributed by atoms with Crippen molar-refractivity contribution in [2.75, 3.05) is 17.2 Å². The summed E-state index contributed by atoms with van der Waals surface area (Å²) in [6, 6.07) is 13.6. The highest BCUT2D eigenvalue weighted by Crippen LogP contribution is 2.37. The molecule has 0 amide bonds. The van der Waals surface area contributed by atoms with Crippen LogP contribution in [-0.2, 0) is 19.5 Å². The molecule has 2 heterocycles. The fraction of sp³-hybridized carbons (Fsp3) is 0.286. The minimum atomic E-state index is -0.320. The van der Waals surface area contributed by atoms with E-state index < -0.39 is 0 Å². The first-order chi connectivity index (χ1) is 13.5. The number of nitro benzene ring substituents is 1. The summed E-state index contributed by atoms with van der Waals surface area (Å²) in [5.41, 5.74) is 6.97. The summed E-state index contributed by atoms with van der Waals surface area (Å²) in [7, 11) is 0. The van der Waals surface area contributed by atoms with Crippen molar-refractivity contribution in [2.45, 2.75) is 33.4 Å². The Kier molecular flexibility index (Phi) is 4.73. The Hall–Kier alpha value is -3.35. The Morgan fingerprint density at radius 2 is 2.00 bits per heavy atom. The maximum absolute atomic E-state index is 11.5.